The minimum absolute atomic E-state index is 0.0480. The van der Waals surface area contributed by atoms with E-state index in [1.54, 1.807) is 19.6 Å². The molecular weight excluding hydrogens is 450 g/mol. The molecule has 1 aromatic carbocycles. The van der Waals surface area contributed by atoms with Crippen molar-refractivity contribution in [1.29, 1.82) is 0 Å². The third kappa shape index (κ3) is 6.09. The molecule has 1 N–H and O–H groups in total. The number of nitrogens with one attached hydrogen (secondary N) is 1. The van der Waals surface area contributed by atoms with E-state index < -0.39 is 50.9 Å². The lowest BCUT2D eigenvalue weighted by atomic mass is 10.0. The number of halogens is 6. The average Bonchev–Trinajstić information content (AvgIpc) is 2.96. The van der Waals surface area contributed by atoms with Crippen LogP contribution in [0.25, 0.3) is 10.9 Å². The lowest BCUT2D eigenvalue weighted by Crippen LogP contribution is -2.50. The van der Waals surface area contributed by atoms with E-state index in [9.17, 15) is 40.7 Å². The Balaban J connectivity index is 2.49. The van der Waals surface area contributed by atoms with Crippen LogP contribution < -0.4 is 5.32 Å². The van der Waals surface area contributed by atoms with Gasteiger partial charge in [0.05, 0.1) is 5.52 Å². The fourth-order valence-corrected chi connectivity index (χ4v) is 3.49. The van der Waals surface area contributed by atoms with Crippen LogP contribution in [-0.2, 0) is 20.4 Å². The molecule has 1 aromatic heterocycles. The highest BCUT2D eigenvalue weighted by Gasteiger charge is 2.43. The second-order valence-corrected chi connectivity index (χ2v) is 12.0. The maximum Gasteiger partial charge on any atom is 0.472 e. The first-order valence-corrected chi connectivity index (χ1v) is 12.2. The topological polar surface area (TPSA) is 77.4 Å². The van der Waals surface area contributed by atoms with E-state index in [0.29, 0.717) is 4.57 Å². The van der Waals surface area contributed by atoms with E-state index in [0.717, 1.165) is 6.20 Å². The molecule has 1 atom stereocenters. The molecule has 13 heteroatoms. The van der Waals surface area contributed by atoms with Gasteiger partial charge in [0.25, 0.3) is 0 Å². The molecule has 0 bridgehead atoms. The van der Waals surface area contributed by atoms with Gasteiger partial charge >= 0.3 is 30.1 Å². The Kier molecular flexibility index (Phi) is 6.59. The van der Waals surface area contributed by atoms with Crippen LogP contribution in [0.1, 0.15) is 10.4 Å². The molecule has 2 aromatic rings. The summed E-state index contributed by atoms with van der Waals surface area (Å²) < 4.78 is 82.4. The zero-order valence-corrected chi connectivity index (χ0v) is 17.5. The molecule has 0 fully saturated rings. The van der Waals surface area contributed by atoms with Gasteiger partial charge in [0.15, 0.2) is 0 Å². The minimum atomic E-state index is -5.29. The Hall–Kier alpha value is -2.83. The van der Waals surface area contributed by atoms with Crippen molar-refractivity contribution in [3.63, 3.8) is 0 Å². The number of benzene rings is 1. The number of amides is 1. The van der Waals surface area contributed by atoms with Crippen LogP contribution in [0.5, 0.6) is 0 Å². The monoisotopic (exact) mass is 468 g/mol. The Morgan fingerprint density at radius 3 is 2.13 bits per heavy atom. The molecule has 0 aliphatic carbocycles. The largest absolute Gasteiger partial charge is 0.518 e. The fourth-order valence-electron chi connectivity index (χ4n) is 2.74. The Bertz CT molecular complexity index is 1010. The molecule has 0 radical (unpaired) electrons. The van der Waals surface area contributed by atoms with Crippen molar-refractivity contribution in [1.82, 2.24) is 9.88 Å². The van der Waals surface area contributed by atoms with Gasteiger partial charge in [0, 0.05) is 18.0 Å². The van der Waals surface area contributed by atoms with Crippen molar-refractivity contribution >= 4 is 37.0 Å². The summed E-state index contributed by atoms with van der Waals surface area (Å²) in [5.74, 6) is -5.77. The maximum atomic E-state index is 12.9. The molecule has 0 saturated carbocycles. The van der Waals surface area contributed by atoms with Gasteiger partial charge in [-0.25, -0.2) is 0 Å². The van der Waals surface area contributed by atoms with E-state index in [-0.39, 0.29) is 16.5 Å². The van der Waals surface area contributed by atoms with E-state index in [1.165, 1.54) is 29.6 Å². The first-order chi connectivity index (χ1) is 14.0. The van der Waals surface area contributed by atoms with Crippen LogP contribution in [0, 0.1) is 0 Å². The zero-order chi connectivity index (χ0) is 23.8. The normalized spacial score (nSPS) is 13.7. The molecule has 0 spiro atoms. The zero-order valence-electron chi connectivity index (χ0n) is 16.5. The number of hydrogen-bond donors (Lipinski definition) is 1. The van der Waals surface area contributed by atoms with Gasteiger partial charge in [-0.2, -0.15) is 26.3 Å². The SMILES string of the molecule is C[Si](C)(C)OC(=O)C(Cc1cn(C(=O)C(F)(F)F)c2ccccc12)NC(=O)C(F)(F)F. The Morgan fingerprint density at radius 2 is 1.61 bits per heavy atom. The number of aromatic nitrogens is 1. The third-order valence-corrected chi connectivity index (χ3v) is 4.75. The third-order valence-electron chi connectivity index (χ3n) is 3.93. The molecule has 2 rings (SSSR count). The lowest BCUT2D eigenvalue weighted by molar-refractivity contribution is -0.175. The fraction of sp³-hybridized carbons (Fsp3) is 0.389. The van der Waals surface area contributed by atoms with Gasteiger partial charge in [0.1, 0.15) is 6.04 Å². The number of carbonyl (C=O) groups excluding carboxylic acids is 3. The molecule has 1 heterocycles. The first kappa shape index (κ1) is 24.4. The van der Waals surface area contributed by atoms with Crippen molar-refractivity contribution in [2.45, 2.75) is 44.5 Å². The Labute approximate surface area is 173 Å². The molecule has 6 nitrogen and oxygen atoms in total. The quantitative estimate of drug-likeness (QED) is 0.535. The number of rotatable bonds is 5. The van der Waals surface area contributed by atoms with Crippen LogP contribution in [-0.4, -0.2) is 49.1 Å². The molecule has 0 saturated heterocycles. The highest BCUT2D eigenvalue weighted by Crippen LogP contribution is 2.27. The van der Waals surface area contributed by atoms with Gasteiger partial charge in [-0.05, 0) is 31.3 Å². The standard InChI is InChI=1S/C18H18F6N2O4Si/c1-31(2,3)30-14(27)12(25-15(28)17(19,20)21)8-10-9-26(16(29)18(22,23)24)13-7-5-4-6-11(10)13/h4-7,9,12H,8H2,1-3H3,(H,25,28). The molecule has 31 heavy (non-hydrogen) atoms. The molecule has 170 valence electrons. The van der Waals surface area contributed by atoms with Crippen molar-refractivity contribution in [3.8, 4) is 0 Å². The smallest absolute Gasteiger partial charge is 0.472 e. The first-order valence-electron chi connectivity index (χ1n) is 8.82. The van der Waals surface area contributed by atoms with E-state index in [2.05, 4.69) is 0 Å². The molecule has 0 aliphatic heterocycles. The highest BCUT2D eigenvalue weighted by molar-refractivity contribution is 6.71. The summed E-state index contributed by atoms with van der Waals surface area (Å²) in [6, 6.07) is 3.54. The van der Waals surface area contributed by atoms with E-state index in [1.807, 2.05) is 0 Å². The number of alkyl halides is 6. The summed E-state index contributed by atoms with van der Waals surface area (Å²) in [7, 11) is -2.58. The van der Waals surface area contributed by atoms with E-state index in [4.69, 9.17) is 4.43 Å². The van der Waals surface area contributed by atoms with Crippen LogP contribution in [0.4, 0.5) is 26.3 Å². The van der Waals surface area contributed by atoms with Crippen molar-refractivity contribution in [3.05, 3.63) is 36.0 Å². The van der Waals surface area contributed by atoms with Crippen LogP contribution in [0.15, 0.2) is 30.5 Å². The highest BCUT2D eigenvalue weighted by atomic mass is 28.4. The van der Waals surface area contributed by atoms with Crippen molar-refractivity contribution < 1.29 is 45.2 Å². The van der Waals surface area contributed by atoms with Crippen LogP contribution in [0.2, 0.25) is 19.6 Å². The summed E-state index contributed by atoms with van der Waals surface area (Å²) >= 11 is 0. The summed E-state index contributed by atoms with van der Waals surface area (Å²) in [4.78, 5) is 35.6. The van der Waals surface area contributed by atoms with Crippen LogP contribution >= 0.6 is 0 Å². The minimum Gasteiger partial charge on any atom is -0.518 e. The molecule has 1 unspecified atom stereocenters. The summed E-state index contributed by atoms with van der Waals surface area (Å²) in [6.07, 6.45) is -10.3. The Morgan fingerprint density at radius 1 is 1.03 bits per heavy atom. The molecule has 1 amide bonds. The number of carbonyl (C=O) groups is 3. The summed E-state index contributed by atoms with van der Waals surface area (Å²) in [6.45, 7) is 4.75. The van der Waals surface area contributed by atoms with Gasteiger partial charge < -0.3 is 9.74 Å². The lowest BCUT2D eigenvalue weighted by Gasteiger charge is -2.24. The average molecular weight is 468 g/mol. The van der Waals surface area contributed by atoms with Crippen molar-refractivity contribution in [2.75, 3.05) is 0 Å². The summed E-state index contributed by atoms with van der Waals surface area (Å²) in [5, 5.41) is 1.63. The molecular formula is C18H18F6N2O4Si. The number of nitrogens with zero attached hydrogens (tertiary/aromatic N) is 1. The number of para-hydroxylation sites is 1. The second-order valence-electron chi connectivity index (χ2n) is 7.61. The van der Waals surface area contributed by atoms with Gasteiger partial charge in [0.2, 0.25) is 8.32 Å². The predicted octanol–water partition coefficient (Wildman–Crippen LogP) is 3.81. The molecule has 0 aliphatic rings. The van der Waals surface area contributed by atoms with E-state index >= 15 is 0 Å². The summed E-state index contributed by atoms with van der Waals surface area (Å²) in [5.41, 5.74) is -0.201. The van der Waals surface area contributed by atoms with Crippen molar-refractivity contribution in [2.24, 2.45) is 0 Å². The predicted molar refractivity (Wildman–Crippen MR) is 99.7 cm³/mol. The number of fused-ring (bicyclic) bond motifs is 1. The van der Waals surface area contributed by atoms with Gasteiger partial charge in [-0.3, -0.25) is 19.0 Å². The maximum absolute atomic E-state index is 12.9. The number of hydrogen-bond acceptors (Lipinski definition) is 4. The second kappa shape index (κ2) is 8.36. The van der Waals surface area contributed by atoms with Gasteiger partial charge in [-0.15, -0.1) is 0 Å². The van der Waals surface area contributed by atoms with Crippen LogP contribution in [0.3, 0.4) is 0 Å². The van der Waals surface area contributed by atoms with Gasteiger partial charge in [-0.1, -0.05) is 18.2 Å².